The van der Waals surface area contributed by atoms with Crippen LogP contribution in [0.2, 0.25) is 0 Å². The SMILES string of the molecule is CC(C)CCCOCC(O)CNc1ccn(C)n1. The number of aliphatic hydroxyl groups excluding tert-OH is 1. The van der Waals surface area contributed by atoms with Crippen molar-refractivity contribution >= 4 is 5.82 Å². The maximum absolute atomic E-state index is 9.70. The van der Waals surface area contributed by atoms with Crippen LogP contribution in [0.25, 0.3) is 0 Å². The van der Waals surface area contributed by atoms with Crippen molar-refractivity contribution < 1.29 is 9.84 Å². The van der Waals surface area contributed by atoms with E-state index in [0.29, 0.717) is 19.1 Å². The number of nitrogens with one attached hydrogen (secondary N) is 1. The van der Waals surface area contributed by atoms with Gasteiger partial charge in [0, 0.05) is 32.5 Å². The fourth-order valence-electron chi connectivity index (χ4n) is 1.60. The van der Waals surface area contributed by atoms with E-state index in [9.17, 15) is 5.11 Å². The lowest BCUT2D eigenvalue weighted by atomic mass is 10.1. The zero-order valence-corrected chi connectivity index (χ0v) is 11.6. The quantitative estimate of drug-likeness (QED) is 0.659. The number of aromatic nitrogens is 2. The number of hydrogen-bond acceptors (Lipinski definition) is 4. The highest BCUT2D eigenvalue weighted by molar-refractivity contribution is 5.31. The van der Waals surface area contributed by atoms with E-state index in [1.165, 1.54) is 6.42 Å². The van der Waals surface area contributed by atoms with Crippen LogP contribution in [0.3, 0.4) is 0 Å². The van der Waals surface area contributed by atoms with Crippen molar-refractivity contribution in [1.29, 1.82) is 0 Å². The molecule has 5 nitrogen and oxygen atoms in total. The Morgan fingerprint density at radius 3 is 2.89 bits per heavy atom. The number of aliphatic hydroxyl groups is 1. The topological polar surface area (TPSA) is 59.3 Å². The average Bonchev–Trinajstić information content (AvgIpc) is 2.71. The van der Waals surface area contributed by atoms with Crippen molar-refractivity contribution in [2.24, 2.45) is 13.0 Å². The fourth-order valence-corrected chi connectivity index (χ4v) is 1.60. The molecule has 0 spiro atoms. The molecule has 1 atom stereocenters. The van der Waals surface area contributed by atoms with Gasteiger partial charge in [0.05, 0.1) is 12.7 Å². The van der Waals surface area contributed by atoms with Crippen molar-refractivity contribution in [2.75, 3.05) is 25.1 Å². The van der Waals surface area contributed by atoms with E-state index in [1.54, 1.807) is 4.68 Å². The number of anilines is 1. The normalized spacial score (nSPS) is 12.9. The summed E-state index contributed by atoms with van der Waals surface area (Å²) in [6, 6.07) is 1.87. The van der Waals surface area contributed by atoms with Gasteiger partial charge in [-0.05, 0) is 18.8 Å². The lowest BCUT2D eigenvalue weighted by Gasteiger charge is -2.12. The van der Waals surface area contributed by atoms with Crippen molar-refractivity contribution in [3.05, 3.63) is 12.3 Å². The first-order chi connectivity index (χ1) is 8.58. The molecule has 5 heteroatoms. The molecule has 0 radical (unpaired) electrons. The molecule has 1 unspecified atom stereocenters. The molecule has 0 aliphatic carbocycles. The number of nitrogens with zero attached hydrogens (tertiary/aromatic N) is 2. The van der Waals surface area contributed by atoms with E-state index in [-0.39, 0.29) is 0 Å². The Bertz CT molecular complexity index is 326. The van der Waals surface area contributed by atoms with E-state index < -0.39 is 6.10 Å². The van der Waals surface area contributed by atoms with Gasteiger partial charge in [0.25, 0.3) is 0 Å². The summed E-state index contributed by atoms with van der Waals surface area (Å²) in [5.74, 6) is 1.49. The molecule has 1 aromatic rings. The van der Waals surface area contributed by atoms with Crippen molar-refractivity contribution in [3.8, 4) is 0 Å². The highest BCUT2D eigenvalue weighted by atomic mass is 16.5. The van der Waals surface area contributed by atoms with Crippen LogP contribution >= 0.6 is 0 Å². The summed E-state index contributed by atoms with van der Waals surface area (Å²) in [5.41, 5.74) is 0. The molecule has 1 heterocycles. The smallest absolute Gasteiger partial charge is 0.148 e. The summed E-state index contributed by atoms with van der Waals surface area (Å²) < 4.78 is 7.14. The molecule has 0 aliphatic heterocycles. The molecule has 0 aliphatic rings. The van der Waals surface area contributed by atoms with Crippen LogP contribution < -0.4 is 5.32 Å². The second-order valence-corrected chi connectivity index (χ2v) is 5.02. The molecule has 1 aromatic heterocycles. The monoisotopic (exact) mass is 255 g/mol. The highest BCUT2D eigenvalue weighted by Gasteiger charge is 2.05. The molecule has 104 valence electrons. The van der Waals surface area contributed by atoms with Gasteiger partial charge in [-0.25, -0.2) is 0 Å². The summed E-state index contributed by atoms with van der Waals surface area (Å²) in [6.07, 6.45) is 3.59. The number of hydrogen-bond donors (Lipinski definition) is 2. The standard InChI is InChI=1S/C13H25N3O2/c1-11(2)5-4-8-18-10-12(17)9-14-13-6-7-16(3)15-13/h6-7,11-12,17H,4-5,8-10H2,1-3H3,(H,14,15). The van der Waals surface area contributed by atoms with Gasteiger partial charge < -0.3 is 15.2 Å². The third-order valence-electron chi connectivity index (χ3n) is 2.61. The van der Waals surface area contributed by atoms with Crippen LogP contribution in [0.15, 0.2) is 12.3 Å². The summed E-state index contributed by atoms with van der Waals surface area (Å²) in [6.45, 7) is 5.95. The Morgan fingerprint density at radius 2 is 2.28 bits per heavy atom. The predicted octanol–water partition coefficient (Wildman–Crippen LogP) is 1.65. The Balaban J connectivity index is 2.02. The molecular formula is C13H25N3O2. The zero-order chi connectivity index (χ0) is 13.4. The summed E-state index contributed by atoms with van der Waals surface area (Å²) in [4.78, 5) is 0. The summed E-state index contributed by atoms with van der Waals surface area (Å²) in [7, 11) is 1.86. The van der Waals surface area contributed by atoms with E-state index in [1.807, 2.05) is 19.3 Å². The number of aryl methyl sites for hydroxylation is 1. The lowest BCUT2D eigenvalue weighted by Crippen LogP contribution is -2.25. The number of rotatable bonds is 9. The fraction of sp³-hybridized carbons (Fsp3) is 0.769. The van der Waals surface area contributed by atoms with Gasteiger partial charge in [-0.2, -0.15) is 5.10 Å². The maximum Gasteiger partial charge on any atom is 0.148 e. The van der Waals surface area contributed by atoms with Crippen molar-refractivity contribution in [2.45, 2.75) is 32.8 Å². The van der Waals surface area contributed by atoms with Gasteiger partial charge in [-0.15, -0.1) is 0 Å². The average molecular weight is 255 g/mol. The lowest BCUT2D eigenvalue weighted by molar-refractivity contribution is 0.0409. The minimum atomic E-state index is -0.494. The second-order valence-electron chi connectivity index (χ2n) is 5.02. The molecule has 0 aromatic carbocycles. The molecule has 0 amide bonds. The minimum absolute atomic E-state index is 0.373. The molecule has 0 bridgehead atoms. The van der Waals surface area contributed by atoms with Crippen LogP contribution in [0.5, 0.6) is 0 Å². The van der Waals surface area contributed by atoms with Crippen molar-refractivity contribution in [3.63, 3.8) is 0 Å². The molecule has 2 N–H and O–H groups in total. The summed E-state index contributed by atoms with van der Waals surface area (Å²) in [5, 5.41) is 16.9. The first-order valence-electron chi connectivity index (χ1n) is 6.57. The van der Waals surface area contributed by atoms with Crippen LogP contribution in [0, 0.1) is 5.92 Å². The minimum Gasteiger partial charge on any atom is -0.389 e. The molecule has 0 fully saturated rings. The van der Waals surface area contributed by atoms with Gasteiger partial charge in [-0.3, -0.25) is 4.68 Å². The first kappa shape index (κ1) is 15.0. The molecule has 0 saturated heterocycles. The third-order valence-corrected chi connectivity index (χ3v) is 2.61. The van der Waals surface area contributed by atoms with Crippen LogP contribution in [-0.2, 0) is 11.8 Å². The van der Waals surface area contributed by atoms with E-state index in [4.69, 9.17) is 4.74 Å². The Kier molecular flexibility index (Phi) is 6.75. The summed E-state index contributed by atoms with van der Waals surface area (Å²) >= 11 is 0. The molecule has 0 saturated carbocycles. The van der Waals surface area contributed by atoms with Gasteiger partial charge in [0.15, 0.2) is 0 Å². The Labute approximate surface area is 109 Å². The zero-order valence-electron chi connectivity index (χ0n) is 11.6. The largest absolute Gasteiger partial charge is 0.389 e. The van der Waals surface area contributed by atoms with Gasteiger partial charge >= 0.3 is 0 Å². The van der Waals surface area contributed by atoms with Gasteiger partial charge in [0.2, 0.25) is 0 Å². The molecule has 1 rings (SSSR count). The third kappa shape index (κ3) is 6.61. The van der Waals surface area contributed by atoms with Crippen molar-refractivity contribution in [1.82, 2.24) is 9.78 Å². The van der Waals surface area contributed by atoms with Gasteiger partial charge in [-0.1, -0.05) is 13.8 Å². The van der Waals surface area contributed by atoms with E-state index >= 15 is 0 Å². The Hall–Kier alpha value is -1.07. The number of ether oxygens (including phenoxy) is 1. The molecule has 18 heavy (non-hydrogen) atoms. The maximum atomic E-state index is 9.70. The second kappa shape index (κ2) is 8.11. The highest BCUT2D eigenvalue weighted by Crippen LogP contribution is 2.04. The van der Waals surface area contributed by atoms with Gasteiger partial charge in [0.1, 0.15) is 5.82 Å². The van der Waals surface area contributed by atoms with Crippen LogP contribution in [0.4, 0.5) is 5.82 Å². The Morgan fingerprint density at radius 1 is 1.50 bits per heavy atom. The van der Waals surface area contributed by atoms with Crippen LogP contribution in [0.1, 0.15) is 26.7 Å². The van der Waals surface area contributed by atoms with E-state index in [2.05, 4.69) is 24.3 Å². The predicted molar refractivity (Wildman–Crippen MR) is 72.6 cm³/mol. The van der Waals surface area contributed by atoms with E-state index in [0.717, 1.165) is 18.8 Å². The van der Waals surface area contributed by atoms with Crippen LogP contribution in [-0.4, -0.2) is 40.7 Å². The first-order valence-corrected chi connectivity index (χ1v) is 6.57. The molecular weight excluding hydrogens is 230 g/mol.